The lowest BCUT2D eigenvalue weighted by Gasteiger charge is -2.08. The van der Waals surface area contributed by atoms with E-state index in [0.717, 1.165) is 0 Å². The van der Waals surface area contributed by atoms with Gasteiger partial charge < -0.3 is 0 Å². The lowest BCUT2D eigenvalue weighted by molar-refractivity contribution is -0.112. The molecule has 0 saturated carbocycles. The van der Waals surface area contributed by atoms with Gasteiger partial charge in [-0.15, -0.1) is 0 Å². The highest BCUT2D eigenvalue weighted by Gasteiger charge is 2.17. The van der Waals surface area contributed by atoms with Crippen molar-refractivity contribution in [3.8, 4) is 0 Å². The highest BCUT2D eigenvalue weighted by atomic mass is 35.5. The minimum Gasteiger partial charge on any atom is -0.279 e. The third-order valence-corrected chi connectivity index (χ3v) is 3.16. The van der Waals surface area contributed by atoms with Gasteiger partial charge in [-0.25, -0.2) is 13.1 Å². The van der Waals surface area contributed by atoms with E-state index in [4.69, 9.17) is 11.6 Å². The van der Waals surface area contributed by atoms with Crippen LogP contribution in [-0.4, -0.2) is 25.5 Å². The molecule has 0 radical (unpaired) electrons. The van der Waals surface area contributed by atoms with Crippen LogP contribution in [0.4, 0.5) is 0 Å². The molecule has 6 heteroatoms. The average Bonchev–Trinajstić information content (AvgIpc) is 1.85. The van der Waals surface area contributed by atoms with E-state index in [1.54, 1.807) is 6.92 Å². The Labute approximate surface area is 77.3 Å². The summed E-state index contributed by atoms with van der Waals surface area (Å²) in [5.74, 6) is 0.0154. The number of halogens is 1. The average molecular weight is 214 g/mol. The highest BCUT2D eigenvalue weighted by molar-refractivity contribution is 7.89. The number of hydrogen-bond acceptors (Lipinski definition) is 3. The molecule has 0 amide bonds. The Morgan fingerprint density at radius 2 is 2.08 bits per heavy atom. The second-order valence-electron chi connectivity index (χ2n) is 2.46. The van der Waals surface area contributed by atoms with Crippen LogP contribution in [-0.2, 0) is 14.8 Å². The zero-order valence-corrected chi connectivity index (χ0v) is 8.57. The zero-order valence-electron chi connectivity index (χ0n) is 7.00. The quantitative estimate of drug-likeness (QED) is 0.676. The summed E-state index contributed by atoms with van der Waals surface area (Å²) >= 11 is 5.07. The van der Waals surface area contributed by atoms with Gasteiger partial charge in [-0.2, -0.15) is 0 Å². The molecule has 1 N–H and O–H groups in total. The van der Waals surface area contributed by atoms with E-state index in [9.17, 15) is 13.2 Å². The SMILES string of the molecule is CCCS(=O)(=O)NC(C)C(=O)Cl. The van der Waals surface area contributed by atoms with Gasteiger partial charge in [0.25, 0.3) is 0 Å². The van der Waals surface area contributed by atoms with Gasteiger partial charge in [0.2, 0.25) is 15.3 Å². The van der Waals surface area contributed by atoms with Crippen LogP contribution in [0.2, 0.25) is 0 Å². The molecule has 0 spiro atoms. The molecule has 0 rings (SSSR count). The predicted octanol–water partition coefficient (Wildman–Crippen LogP) is 0.470. The fraction of sp³-hybridized carbons (Fsp3) is 0.833. The van der Waals surface area contributed by atoms with Crippen LogP contribution in [0, 0.1) is 0 Å². The minimum absolute atomic E-state index is 0.0154. The van der Waals surface area contributed by atoms with E-state index in [1.807, 2.05) is 0 Å². The largest absolute Gasteiger partial charge is 0.279 e. The summed E-state index contributed by atoms with van der Waals surface area (Å²) < 4.78 is 24.2. The van der Waals surface area contributed by atoms with Crippen molar-refractivity contribution < 1.29 is 13.2 Å². The number of sulfonamides is 1. The molecule has 0 fully saturated rings. The molecule has 0 saturated heterocycles. The standard InChI is InChI=1S/C6H12ClNO3S/c1-3-4-12(10,11)8-5(2)6(7)9/h5,8H,3-4H2,1-2H3. The molecule has 12 heavy (non-hydrogen) atoms. The van der Waals surface area contributed by atoms with Gasteiger partial charge in [-0.1, -0.05) is 6.92 Å². The predicted molar refractivity (Wildman–Crippen MR) is 47.5 cm³/mol. The van der Waals surface area contributed by atoms with Crippen LogP contribution in [0.3, 0.4) is 0 Å². The Hall–Kier alpha value is -0.130. The molecule has 0 aliphatic rings. The first kappa shape index (κ1) is 11.9. The maximum Gasteiger partial charge on any atom is 0.239 e. The van der Waals surface area contributed by atoms with Crippen LogP contribution in [0.1, 0.15) is 20.3 Å². The van der Waals surface area contributed by atoms with Crippen molar-refractivity contribution in [3.63, 3.8) is 0 Å². The van der Waals surface area contributed by atoms with Gasteiger partial charge in [0.05, 0.1) is 11.8 Å². The van der Waals surface area contributed by atoms with Crippen molar-refractivity contribution in [1.82, 2.24) is 4.72 Å². The van der Waals surface area contributed by atoms with Crippen LogP contribution < -0.4 is 4.72 Å². The van der Waals surface area contributed by atoms with E-state index < -0.39 is 21.3 Å². The van der Waals surface area contributed by atoms with Crippen molar-refractivity contribution in [2.45, 2.75) is 26.3 Å². The number of nitrogens with one attached hydrogen (secondary N) is 1. The third kappa shape index (κ3) is 4.69. The van der Waals surface area contributed by atoms with E-state index >= 15 is 0 Å². The van der Waals surface area contributed by atoms with Gasteiger partial charge in [-0.05, 0) is 24.9 Å². The van der Waals surface area contributed by atoms with E-state index in [1.165, 1.54) is 6.92 Å². The summed E-state index contributed by atoms with van der Waals surface area (Å²) in [6.07, 6.45) is 0.512. The molecule has 0 bridgehead atoms. The number of hydrogen-bond donors (Lipinski definition) is 1. The lowest BCUT2D eigenvalue weighted by Crippen LogP contribution is -2.37. The van der Waals surface area contributed by atoms with E-state index in [0.29, 0.717) is 6.42 Å². The fourth-order valence-corrected chi connectivity index (χ4v) is 2.06. The molecule has 0 aromatic rings. The molecular weight excluding hydrogens is 202 g/mol. The zero-order chi connectivity index (χ0) is 9.78. The minimum atomic E-state index is -3.33. The Morgan fingerprint density at radius 1 is 1.58 bits per heavy atom. The fourth-order valence-electron chi connectivity index (χ4n) is 0.643. The molecule has 0 aliphatic carbocycles. The van der Waals surface area contributed by atoms with Gasteiger partial charge in [0.1, 0.15) is 0 Å². The van der Waals surface area contributed by atoms with Crippen LogP contribution >= 0.6 is 11.6 Å². The van der Waals surface area contributed by atoms with Gasteiger partial charge in [0.15, 0.2) is 0 Å². The summed E-state index contributed by atoms with van der Waals surface area (Å²) in [6.45, 7) is 3.15. The Balaban J connectivity index is 4.16. The van der Waals surface area contributed by atoms with Gasteiger partial charge >= 0.3 is 0 Å². The smallest absolute Gasteiger partial charge is 0.239 e. The van der Waals surface area contributed by atoms with Crippen molar-refractivity contribution in [2.75, 3.05) is 5.75 Å². The number of rotatable bonds is 5. The molecule has 0 aromatic heterocycles. The van der Waals surface area contributed by atoms with Crippen LogP contribution in [0.25, 0.3) is 0 Å². The lowest BCUT2D eigenvalue weighted by atomic mass is 10.4. The molecule has 1 atom stereocenters. The molecule has 0 heterocycles. The second kappa shape index (κ2) is 4.79. The topological polar surface area (TPSA) is 63.2 Å². The van der Waals surface area contributed by atoms with Gasteiger partial charge in [-0.3, -0.25) is 4.79 Å². The van der Waals surface area contributed by atoms with Gasteiger partial charge in [0, 0.05) is 0 Å². The Morgan fingerprint density at radius 3 is 2.42 bits per heavy atom. The highest BCUT2D eigenvalue weighted by Crippen LogP contribution is 1.95. The maximum absolute atomic E-state index is 11.0. The van der Waals surface area contributed by atoms with Crippen molar-refractivity contribution in [1.29, 1.82) is 0 Å². The first-order valence-corrected chi connectivity index (χ1v) is 5.61. The summed E-state index contributed by atoms with van der Waals surface area (Å²) in [6, 6.07) is -0.844. The monoisotopic (exact) mass is 213 g/mol. The van der Waals surface area contributed by atoms with E-state index in [-0.39, 0.29) is 5.75 Å². The molecular formula is C6H12ClNO3S. The van der Waals surface area contributed by atoms with Crippen molar-refractivity contribution >= 4 is 26.9 Å². The number of carbonyl (C=O) groups is 1. The van der Waals surface area contributed by atoms with Crippen molar-refractivity contribution in [2.24, 2.45) is 0 Å². The Bertz CT molecular complexity index is 250. The summed E-state index contributed by atoms with van der Waals surface area (Å²) in [5.41, 5.74) is 0. The third-order valence-electron chi connectivity index (χ3n) is 1.17. The molecule has 0 aliphatic heterocycles. The molecule has 1 unspecified atom stereocenters. The molecule has 4 nitrogen and oxygen atoms in total. The summed E-state index contributed by atoms with van der Waals surface area (Å²) in [4.78, 5) is 10.5. The normalized spacial score (nSPS) is 14.2. The van der Waals surface area contributed by atoms with Crippen LogP contribution in [0.15, 0.2) is 0 Å². The first-order valence-electron chi connectivity index (χ1n) is 3.58. The Kier molecular flexibility index (Phi) is 4.74. The van der Waals surface area contributed by atoms with Crippen LogP contribution in [0.5, 0.6) is 0 Å². The summed E-state index contributed by atoms with van der Waals surface area (Å²) in [5, 5.41) is -0.699. The number of carbonyl (C=O) groups excluding carboxylic acids is 1. The second-order valence-corrected chi connectivity index (χ2v) is 4.71. The first-order chi connectivity index (χ1) is 5.39. The maximum atomic E-state index is 11.0. The molecule has 72 valence electrons. The van der Waals surface area contributed by atoms with E-state index in [2.05, 4.69) is 4.72 Å². The molecule has 0 aromatic carbocycles. The summed E-state index contributed by atoms with van der Waals surface area (Å²) in [7, 11) is -3.33. The van der Waals surface area contributed by atoms with Crippen molar-refractivity contribution in [3.05, 3.63) is 0 Å².